The average Bonchev–Trinajstić information content (AvgIpc) is 2.87. The van der Waals surface area contributed by atoms with Gasteiger partial charge in [-0.25, -0.2) is 9.67 Å². The fourth-order valence-electron chi connectivity index (χ4n) is 1.97. The second kappa shape index (κ2) is 4.40. The number of hydrogen-bond acceptors (Lipinski definition) is 4. The van der Waals surface area contributed by atoms with Crippen molar-refractivity contribution >= 4 is 28.1 Å². The van der Waals surface area contributed by atoms with Crippen LogP contribution in [0.2, 0.25) is 0 Å². The molecule has 0 saturated carbocycles. The Morgan fingerprint density at radius 3 is 2.84 bits per heavy atom. The fourth-order valence-corrected chi connectivity index (χ4v) is 2.06. The van der Waals surface area contributed by atoms with Gasteiger partial charge in [0.05, 0.1) is 11.2 Å². The van der Waals surface area contributed by atoms with Crippen molar-refractivity contribution in [2.45, 2.75) is 6.92 Å². The lowest BCUT2D eigenvalue weighted by Gasteiger charge is -2.06. The Labute approximate surface area is 115 Å². The molecule has 2 heterocycles. The van der Waals surface area contributed by atoms with Crippen LogP contribution in [0.3, 0.4) is 0 Å². The van der Waals surface area contributed by atoms with Crippen LogP contribution < -0.4 is 5.73 Å². The lowest BCUT2D eigenvalue weighted by Crippen LogP contribution is -2.12. The summed E-state index contributed by atoms with van der Waals surface area (Å²) in [5, 5.41) is 5.29. The average molecular weight is 269 g/mol. The molecule has 3 rings (SSSR count). The Kier molecular flexibility index (Phi) is 2.72. The molecule has 1 aromatic carbocycles. The van der Waals surface area contributed by atoms with Gasteiger partial charge in [0.15, 0.2) is 0 Å². The fraction of sp³-hybridized carbons (Fsp3) is 0.0769. The zero-order chi connectivity index (χ0) is 13.4. The van der Waals surface area contributed by atoms with E-state index in [0.29, 0.717) is 5.82 Å². The van der Waals surface area contributed by atoms with Gasteiger partial charge in [-0.05, 0) is 19.1 Å². The van der Waals surface area contributed by atoms with Crippen molar-refractivity contribution in [1.29, 1.82) is 0 Å². The first-order valence-corrected chi connectivity index (χ1v) is 6.14. The molecule has 19 heavy (non-hydrogen) atoms. The summed E-state index contributed by atoms with van der Waals surface area (Å²) in [5.74, 6) is 0.369. The van der Waals surface area contributed by atoms with Gasteiger partial charge in [0.2, 0.25) is 5.82 Å². The summed E-state index contributed by atoms with van der Waals surface area (Å²) in [6.45, 7) is 1.95. The van der Waals surface area contributed by atoms with E-state index in [1.165, 1.54) is 0 Å². The van der Waals surface area contributed by atoms with E-state index in [0.717, 1.165) is 22.3 Å². The maximum Gasteiger partial charge on any atom is 0.208 e. The van der Waals surface area contributed by atoms with Gasteiger partial charge in [0.1, 0.15) is 11.3 Å². The van der Waals surface area contributed by atoms with Crippen LogP contribution in [0.5, 0.6) is 0 Å². The quantitative estimate of drug-likeness (QED) is 0.718. The number of nitrogens with two attached hydrogens (primary N) is 1. The molecular weight excluding hydrogens is 258 g/mol. The van der Waals surface area contributed by atoms with Crippen molar-refractivity contribution in [2.75, 3.05) is 0 Å². The molecule has 0 aliphatic carbocycles. The predicted octanol–water partition coefficient (Wildman–Crippen LogP) is 1.76. The minimum absolute atomic E-state index is 0.189. The molecule has 3 aromatic rings. The molecule has 0 radical (unpaired) electrons. The van der Waals surface area contributed by atoms with Gasteiger partial charge in [-0.15, -0.1) is 5.10 Å². The number of pyridine rings is 1. The summed E-state index contributed by atoms with van der Waals surface area (Å²) < 4.78 is 1.67. The number of nitrogens with zero attached hydrogens (tertiary/aromatic N) is 4. The first kappa shape index (κ1) is 11.7. The van der Waals surface area contributed by atoms with E-state index in [4.69, 9.17) is 18.0 Å². The SMILES string of the molecule is Cc1cc(-n2cnc(C(N)=S)n2)c2ccccc2n1. The van der Waals surface area contributed by atoms with Gasteiger partial charge in [-0.3, -0.25) is 4.98 Å². The topological polar surface area (TPSA) is 69.6 Å². The van der Waals surface area contributed by atoms with Crippen LogP contribution in [0, 0.1) is 6.92 Å². The van der Waals surface area contributed by atoms with Gasteiger partial charge in [-0.1, -0.05) is 30.4 Å². The molecule has 0 aliphatic rings. The summed E-state index contributed by atoms with van der Waals surface area (Å²) in [4.78, 5) is 8.77. The van der Waals surface area contributed by atoms with E-state index in [1.54, 1.807) is 11.0 Å². The Balaban J connectivity index is 2.26. The summed E-state index contributed by atoms with van der Waals surface area (Å²) in [6, 6.07) is 9.85. The molecular formula is C13H11N5S. The number of rotatable bonds is 2. The Hall–Kier alpha value is -2.34. The van der Waals surface area contributed by atoms with E-state index in [9.17, 15) is 0 Å². The molecule has 0 spiro atoms. The van der Waals surface area contributed by atoms with Gasteiger partial charge in [-0.2, -0.15) is 0 Å². The highest BCUT2D eigenvalue weighted by Gasteiger charge is 2.09. The smallest absolute Gasteiger partial charge is 0.208 e. The summed E-state index contributed by atoms with van der Waals surface area (Å²) in [7, 11) is 0. The molecule has 5 nitrogen and oxygen atoms in total. The van der Waals surface area contributed by atoms with Crippen LogP contribution in [0.1, 0.15) is 11.5 Å². The van der Waals surface area contributed by atoms with Crippen LogP contribution in [0.25, 0.3) is 16.6 Å². The Morgan fingerprint density at radius 1 is 1.32 bits per heavy atom. The summed E-state index contributed by atoms with van der Waals surface area (Å²) >= 11 is 4.87. The van der Waals surface area contributed by atoms with E-state index < -0.39 is 0 Å². The van der Waals surface area contributed by atoms with E-state index >= 15 is 0 Å². The normalized spacial score (nSPS) is 10.8. The largest absolute Gasteiger partial charge is 0.387 e. The van der Waals surface area contributed by atoms with Crippen LogP contribution in [0.15, 0.2) is 36.7 Å². The zero-order valence-corrected chi connectivity index (χ0v) is 11.1. The lowest BCUT2D eigenvalue weighted by molar-refractivity contribution is 0.878. The minimum atomic E-state index is 0.189. The van der Waals surface area contributed by atoms with Gasteiger partial charge >= 0.3 is 0 Å². The van der Waals surface area contributed by atoms with Crippen LogP contribution >= 0.6 is 12.2 Å². The lowest BCUT2D eigenvalue weighted by atomic mass is 10.1. The molecule has 0 bridgehead atoms. The molecule has 94 valence electrons. The van der Waals surface area contributed by atoms with Crippen LogP contribution in [-0.2, 0) is 0 Å². The first-order valence-electron chi connectivity index (χ1n) is 5.73. The maximum atomic E-state index is 5.53. The number of aromatic nitrogens is 4. The Bertz CT molecular complexity index is 778. The van der Waals surface area contributed by atoms with Gasteiger partial charge < -0.3 is 5.73 Å². The van der Waals surface area contributed by atoms with Crippen molar-refractivity contribution in [3.8, 4) is 5.69 Å². The van der Waals surface area contributed by atoms with E-state index in [-0.39, 0.29) is 4.99 Å². The van der Waals surface area contributed by atoms with Crippen molar-refractivity contribution in [3.63, 3.8) is 0 Å². The second-order valence-corrected chi connectivity index (χ2v) is 4.62. The van der Waals surface area contributed by atoms with Crippen LogP contribution in [0.4, 0.5) is 0 Å². The summed E-state index contributed by atoms with van der Waals surface area (Å²) in [6.07, 6.45) is 1.61. The minimum Gasteiger partial charge on any atom is -0.387 e. The number of aryl methyl sites for hydroxylation is 1. The number of para-hydroxylation sites is 1. The van der Waals surface area contributed by atoms with Crippen LogP contribution in [-0.4, -0.2) is 24.7 Å². The second-order valence-electron chi connectivity index (χ2n) is 4.18. The third kappa shape index (κ3) is 2.06. The zero-order valence-electron chi connectivity index (χ0n) is 10.2. The highest BCUT2D eigenvalue weighted by molar-refractivity contribution is 7.80. The van der Waals surface area contributed by atoms with Crippen molar-refractivity contribution < 1.29 is 0 Å². The maximum absolute atomic E-state index is 5.53. The molecule has 0 aliphatic heterocycles. The monoisotopic (exact) mass is 269 g/mol. The highest BCUT2D eigenvalue weighted by atomic mass is 32.1. The van der Waals surface area contributed by atoms with E-state index in [2.05, 4.69) is 15.1 Å². The predicted molar refractivity (Wildman–Crippen MR) is 77.3 cm³/mol. The Morgan fingerprint density at radius 2 is 2.11 bits per heavy atom. The molecule has 2 N–H and O–H groups in total. The third-order valence-corrected chi connectivity index (χ3v) is 2.96. The molecule has 0 unspecified atom stereocenters. The first-order chi connectivity index (χ1) is 9.15. The number of benzene rings is 1. The molecule has 6 heteroatoms. The molecule has 2 aromatic heterocycles. The highest BCUT2D eigenvalue weighted by Crippen LogP contribution is 2.21. The van der Waals surface area contributed by atoms with Crippen molar-refractivity contribution in [3.05, 3.63) is 48.2 Å². The van der Waals surface area contributed by atoms with Crippen molar-refractivity contribution in [2.24, 2.45) is 5.73 Å². The number of hydrogen-bond donors (Lipinski definition) is 1. The molecule has 0 atom stereocenters. The van der Waals surface area contributed by atoms with Gasteiger partial charge in [0, 0.05) is 11.1 Å². The summed E-state index contributed by atoms with van der Waals surface area (Å²) in [5.41, 5.74) is 8.28. The number of thiocarbonyl (C=S) groups is 1. The molecule has 0 saturated heterocycles. The molecule has 0 amide bonds. The van der Waals surface area contributed by atoms with Crippen molar-refractivity contribution in [1.82, 2.24) is 19.7 Å². The van der Waals surface area contributed by atoms with Gasteiger partial charge in [0.25, 0.3) is 0 Å². The standard InChI is InChI=1S/C13H11N5S/c1-8-6-11(9-4-2-3-5-10(9)16-8)18-7-15-13(17-18)12(14)19/h2-7H,1H3,(H2,14,19). The molecule has 0 fully saturated rings. The number of fused-ring (bicyclic) bond motifs is 1. The van der Waals surface area contributed by atoms with E-state index in [1.807, 2.05) is 37.3 Å². The third-order valence-electron chi connectivity index (χ3n) is 2.78.